The molecule has 20 rings (SSSR count). The average Bonchev–Trinajstić information content (AvgIpc) is 1.61. The summed E-state index contributed by atoms with van der Waals surface area (Å²) >= 11 is 25.2. The van der Waals surface area contributed by atoms with Gasteiger partial charge in [-0.2, -0.15) is 5.10 Å². The summed E-state index contributed by atoms with van der Waals surface area (Å²) in [7, 11) is 2.19. The van der Waals surface area contributed by atoms with Gasteiger partial charge in [-0.1, -0.05) is 115 Å². The summed E-state index contributed by atoms with van der Waals surface area (Å²) in [4.78, 5) is 87.3. The van der Waals surface area contributed by atoms with Crippen LogP contribution in [-0.2, 0) is 51.2 Å². The van der Waals surface area contributed by atoms with Crippen LogP contribution in [0, 0.1) is 5.92 Å². The molecule has 0 aliphatic carbocycles. The molecule has 7 aliphatic heterocycles. The summed E-state index contributed by atoms with van der Waals surface area (Å²) in [5, 5.41) is 11.4. The molecule has 27 nitrogen and oxygen atoms in total. The molecule has 4 N–H and O–H groups in total. The van der Waals surface area contributed by atoms with Gasteiger partial charge in [-0.25, -0.2) is 24.2 Å². The Balaban J connectivity index is 0.000000132. The Morgan fingerprint density at radius 3 is 0.910 bits per heavy atom. The second-order valence-corrected chi connectivity index (χ2v) is 40.8. The second-order valence-electron chi connectivity index (χ2n) is 39.0. The van der Waals surface area contributed by atoms with Gasteiger partial charge in [-0.05, 0) is 348 Å². The first-order valence-corrected chi connectivity index (χ1v) is 53.8. The van der Waals surface area contributed by atoms with Crippen molar-refractivity contribution in [3.05, 3.63) is 270 Å². The number of nitrogens with zero attached hydrogens (tertiary/aromatic N) is 11. The number of H-pyrrole nitrogens is 4. The highest BCUT2D eigenvalue weighted by Gasteiger charge is 2.41. The zero-order valence-corrected chi connectivity index (χ0v) is 87.6. The van der Waals surface area contributed by atoms with Crippen molar-refractivity contribution in [2.24, 2.45) is 5.92 Å². The predicted octanol–water partition coefficient (Wildman–Crippen LogP) is 24.1. The fourth-order valence-electron chi connectivity index (χ4n) is 21.2. The lowest BCUT2D eigenvalue weighted by molar-refractivity contribution is 0.0796. The van der Waals surface area contributed by atoms with E-state index in [1.54, 1.807) is 17.6 Å². The van der Waals surface area contributed by atoms with E-state index in [4.69, 9.17) is 84.3 Å². The number of halogens is 4. The van der Waals surface area contributed by atoms with E-state index >= 15 is 0 Å². The smallest absolute Gasteiger partial charge is 0.410 e. The molecule has 4 atom stereocenters. The highest BCUT2D eigenvalue weighted by molar-refractivity contribution is 6.32. The number of rotatable bonds is 33. The third-order valence-electron chi connectivity index (χ3n) is 28.6. The van der Waals surface area contributed by atoms with Crippen LogP contribution in [0.2, 0.25) is 20.1 Å². The molecule has 7 aliphatic rings. The first-order valence-electron chi connectivity index (χ1n) is 52.3. The van der Waals surface area contributed by atoms with Crippen LogP contribution >= 0.6 is 46.4 Å². The van der Waals surface area contributed by atoms with E-state index in [9.17, 15) is 19.2 Å². The van der Waals surface area contributed by atoms with E-state index in [-0.39, 0.29) is 54.5 Å². The Bertz CT molecular complexity index is 6390. The van der Waals surface area contributed by atoms with E-state index in [0.717, 1.165) is 228 Å². The van der Waals surface area contributed by atoms with Crippen molar-refractivity contribution < 1.29 is 57.1 Å². The van der Waals surface area contributed by atoms with Crippen LogP contribution in [0.4, 0.5) is 19.2 Å². The van der Waals surface area contributed by atoms with Gasteiger partial charge in [-0.15, -0.1) is 0 Å². The van der Waals surface area contributed by atoms with Gasteiger partial charge in [0, 0.05) is 145 Å². The maximum absolute atomic E-state index is 13.2. The lowest BCUT2D eigenvalue weighted by Gasteiger charge is -2.35. The molecule has 0 spiro atoms. The Morgan fingerprint density at radius 1 is 0.345 bits per heavy atom. The van der Waals surface area contributed by atoms with Crippen molar-refractivity contribution in [3.63, 3.8) is 0 Å². The predicted molar refractivity (Wildman–Crippen MR) is 574 cm³/mol. The molecule has 4 amide bonds. The number of benzene rings is 8. The van der Waals surface area contributed by atoms with E-state index in [0.29, 0.717) is 85.9 Å². The number of carbonyl (C=O) groups is 4. The number of aromatic nitrogens is 7. The number of amides is 4. The summed E-state index contributed by atoms with van der Waals surface area (Å²) < 4.78 is 47.7. The van der Waals surface area contributed by atoms with Gasteiger partial charge in [0.15, 0.2) is 0 Å². The van der Waals surface area contributed by atoms with Crippen molar-refractivity contribution >= 4 is 114 Å². The number of likely N-dealkylation sites (tertiary alicyclic amines) is 2. The number of hydrogen-bond acceptors (Lipinski definition) is 18. The second kappa shape index (κ2) is 51.1. The number of carbonyl (C=O) groups excluding carboxylic acids is 4. The summed E-state index contributed by atoms with van der Waals surface area (Å²) in [5.41, 5.74) is 17.1. The molecule has 0 bridgehead atoms. The highest BCUT2D eigenvalue weighted by atomic mass is 35.5. The number of likely N-dealkylation sites (N-methyl/N-ethyl adjacent to an activating group) is 1. The van der Waals surface area contributed by atoms with Crippen LogP contribution in [0.5, 0.6) is 23.0 Å². The summed E-state index contributed by atoms with van der Waals surface area (Å²) in [6.45, 7) is 30.1. The van der Waals surface area contributed by atoms with Gasteiger partial charge in [0.25, 0.3) is 0 Å². The molecule has 13 aromatic rings. The minimum atomic E-state index is -0.312. The van der Waals surface area contributed by atoms with Crippen LogP contribution in [0.15, 0.2) is 183 Å². The van der Waals surface area contributed by atoms with Gasteiger partial charge >= 0.3 is 24.4 Å². The van der Waals surface area contributed by atoms with E-state index in [1.807, 2.05) is 187 Å². The Hall–Kier alpha value is -11.7. The number of fused-ring (bicyclic) bond motifs is 12. The van der Waals surface area contributed by atoms with Gasteiger partial charge in [0.2, 0.25) is 0 Å². The Morgan fingerprint density at radius 2 is 0.628 bits per heavy atom. The summed E-state index contributed by atoms with van der Waals surface area (Å²) in [6, 6.07) is 54.9. The quantitative estimate of drug-likeness (QED) is 0.0220. The maximum Gasteiger partial charge on any atom is 0.410 e. The van der Waals surface area contributed by atoms with Crippen molar-refractivity contribution in [1.82, 2.24) is 73.9 Å². The number of piperidine rings is 1. The minimum absolute atomic E-state index is 0.252. The van der Waals surface area contributed by atoms with E-state index in [2.05, 4.69) is 93.1 Å². The number of nitrogens with one attached hydrogen (secondary N) is 4. The number of ether oxygens (including phenoxy) is 8. The van der Waals surface area contributed by atoms with Crippen LogP contribution in [-0.4, -0.2) is 256 Å². The Kier molecular flexibility index (Phi) is 36.9. The lowest BCUT2D eigenvalue weighted by Crippen LogP contribution is -2.44. The zero-order valence-electron chi connectivity index (χ0n) is 84.5. The first-order chi connectivity index (χ1) is 70.8. The molecule has 0 radical (unpaired) electrons. The van der Waals surface area contributed by atoms with Crippen molar-refractivity contribution in [2.75, 3.05) is 158 Å². The van der Waals surface area contributed by atoms with E-state index < -0.39 is 0 Å². The fraction of sp³-hybridized carbons (Fsp3) is 0.456. The molecule has 4 unspecified atom stereocenters. The average molecular weight is 2050 g/mol. The minimum Gasteiger partial charge on any atom is -0.494 e. The van der Waals surface area contributed by atoms with Gasteiger partial charge in [0.1, 0.15) is 59.8 Å². The van der Waals surface area contributed by atoms with Crippen LogP contribution in [0.1, 0.15) is 210 Å². The molecule has 5 aromatic heterocycles. The third-order valence-corrected chi connectivity index (χ3v) is 29.5. The van der Waals surface area contributed by atoms with Crippen molar-refractivity contribution in [3.8, 4) is 23.0 Å². The molecule has 3 fully saturated rings. The normalized spacial score (nSPS) is 17.6. The van der Waals surface area contributed by atoms with Crippen LogP contribution in [0.25, 0.3) is 43.6 Å². The molecule has 8 aromatic carbocycles. The standard InChI is InChI=1S/C30H38ClN3O3.C29H37ClN4O3.C29H36ClN3O3.C26H28ClN5O3/c1-21(2)20-37-30(35)34-17-13-25-26-19-23(31)9-12-27(26)32-28(25)29(34)22-7-10-24(11-8-22)36-18-6-5-16-33-14-3-4-15-33;1-3-36-29(35)34-14-12-24-25-20-22(30)8-11-26(25)31-27(24)28(34)21-6-9-23(10-7-21)37-19-5-4-13-33-17-15-32(2)16-18-33;1-2-35-29(34)33-18-14-24-25-20-22(30)10-13-26(25)31-27(24)28(33)21-8-11-23(12-9-21)36-19-7-6-17-32-15-4-3-5-16-32;1-2-34-26(33)32-13-11-21-22-15-19(27)7-10-23(22)30-24(21)25(32)18-5-8-20(9-6-18)35-14-4-3-12-31-17-28-16-29-31/h7-12,19,21,29,32H,3-6,13-18,20H2,1-2H3;6-11,20,28,31H,3-5,12-19H2,1-2H3;8-13,20,28,31H,2-7,14-19H2,1H3;5-10,15-17,25,30H,2-4,11-14H2,1H3. The number of aromatic amines is 4. The number of hydrogen-bond donors (Lipinski definition) is 4. The highest BCUT2D eigenvalue weighted by Crippen LogP contribution is 2.46. The molecule has 770 valence electrons. The molecular formula is C114H139Cl4N15O12. The number of aryl methyl sites for hydroxylation is 1. The number of piperazine rings is 1. The van der Waals surface area contributed by atoms with Crippen LogP contribution in [0.3, 0.4) is 0 Å². The first kappa shape index (κ1) is 105. The van der Waals surface area contributed by atoms with E-state index in [1.165, 1.54) is 106 Å². The lowest BCUT2D eigenvalue weighted by atomic mass is 9.92. The third kappa shape index (κ3) is 26.7. The molecule has 0 saturated carbocycles. The van der Waals surface area contributed by atoms with Gasteiger partial charge in [0.05, 0.1) is 52.9 Å². The van der Waals surface area contributed by atoms with Gasteiger partial charge in [-0.3, -0.25) is 24.3 Å². The zero-order chi connectivity index (χ0) is 101. The molecular weight excluding hydrogens is 1910 g/mol. The van der Waals surface area contributed by atoms with Crippen LogP contribution < -0.4 is 18.9 Å². The van der Waals surface area contributed by atoms with Crippen molar-refractivity contribution in [2.45, 2.75) is 174 Å². The van der Waals surface area contributed by atoms with Crippen molar-refractivity contribution in [1.29, 1.82) is 0 Å². The summed E-state index contributed by atoms with van der Waals surface area (Å²) in [6.07, 6.45) is 20.3. The molecule has 31 heteroatoms. The number of unbranched alkanes of at least 4 members (excludes halogenated alkanes) is 4. The monoisotopic (exact) mass is 2050 g/mol. The topological polar surface area (TPSA) is 262 Å². The SMILES string of the molecule is CC(C)COC(=O)N1CCc2c([nH]c3ccc(Cl)cc23)C1c1ccc(OCCCCN2CCCC2)cc1.CCOC(=O)N1CCc2c([nH]c3ccc(Cl)cc23)C1c1ccc(OCCCCN2CCCCC2)cc1.CCOC(=O)N1CCc2c([nH]c3ccc(Cl)cc23)C1c1ccc(OCCCCN2CCN(C)CC2)cc1.CCOC(=O)N1CCc2c([nH]c3ccc(Cl)cc23)C1c1ccc(OCCCCn2cncn2)cc1. The summed E-state index contributed by atoms with van der Waals surface area (Å²) in [5.74, 6) is 3.66. The fourth-order valence-corrected chi connectivity index (χ4v) is 21.9. The molecule has 3 saturated heterocycles. The largest absolute Gasteiger partial charge is 0.494 e. The Labute approximate surface area is 871 Å². The maximum atomic E-state index is 13.2. The molecule has 12 heterocycles. The van der Waals surface area contributed by atoms with Gasteiger partial charge < -0.3 is 77.4 Å². The molecule has 145 heavy (non-hydrogen) atoms.